The van der Waals surface area contributed by atoms with Gasteiger partial charge in [-0.2, -0.15) is 0 Å². The van der Waals surface area contributed by atoms with Crippen molar-refractivity contribution in [3.63, 3.8) is 0 Å². The van der Waals surface area contributed by atoms with Gasteiger partial charge in [-0.15, -0.1) is 0 Å². The van der Waals surface area contributed by atoms with Gasteiger partial charge in [-0.3, -0.25) is 20.4 Å². The van der Waals surface area contributed by atoms with Crippen molar-refractivity contribution in [2.45, 2.75) is 39.0 Å². The Labute approximate surface area is 158 Å². The molecule has 136 valence electrons. The molecule has 1 fully saturated rings. The summed E-state index contributed by atoms with van der Waals surface area (Å²) >= 11 is 11.2. The molecule has 0 spiro atoms. The average molecular weight is 383 g/mol. The van der Waals surface area contributed by atoms with E-state index in [0.29, 0.717) is 34.4 Å². The first-order chi connectivity index (χ1) is 12.0. The Morgan fingerprint density at radius 2 is 2.12 bits per heavy atom. The lowest BCUT2D eigenvalue weighted by molar-refractivity contribution is -0.117. The van der Waals surface area contributed by atoms with E-state index < -0.39 is 0 Å². The molecule has 25 heavy (non-hydrogen) atoms. The van der Waals surface area contributed by atoms with Crippen LogP contribution in [0.1, 0.15) is 49.4 Å². The summed E-state index contributed by atoms with van der Waals surface area (Å²) in [4.78, 5) is 26.1. The van der Waals surface area contributed by atoms with Crippen LogP contribution in [0.3, 0.4) is 0 Å². The summed E-state index contributed by atoms with van der Waals surface area (Å²) < 4.78 is 0. The number of carbonyl (C=O) groups is 2. The van der Waals surface area contributed by atoms with Gasteiger partial charge in [-0.1, -0.05) is 31.4 Å². The van der Waals surface area contributed by atoms with Crippen LogP contribution in [0.2, 0.25) is 5.02 Å². The summed E-state index contributed by atoms with van der Waals surface area (Å²) in [7, 11) is 0. The van der Waals surface area contributed by atoms with Crippen LogP contribution < -0.4 is 21.1 Å². The quantitative estimate of drug-likeness (QED) is 0.401. The van der Waals surface area contributed by atoms with Crippen molar-refractivity contribution >= 4 is 46.4 Å². The lowest BCUT2D eigenvalue weighted by Gasteiger charge is -2.20. The van der Waals surface area contributed by atoms with Gasteiger partial charge in [0.25, 0.3) is 5.91 Å². The zero-order chi connectivity index (χ0) is 18.2. The number of benzene rings is 1. The van der Waals surface area contributed by atoms with Crippen molar-refractivity contribution in [1.29, 1.82) is 0 Å². The molecule has 0 unspecified atom stereocenters. The number of nitrogens with one attached hydrogen (secondary N) is 3. The van der Waals surface area contributed by atoms with Crippen LogP contribution in [0.25, 0.3) is 0 Å². The van der Waals surface area contributed by atoms with Crippen LogP contribution in [-0.2, 0) is 4.79 Å². The van der Waals surface area contributed by atoms with Crippen molar-refractivity contribution in [2.24, 2.45) is 0 Å². The molecule has 8 heteroatoms. The molecule has 0 bridgehead atoms. The molecule has 0 aromatic heterocycles. The Morgan fingerprint density at radius 1 is 1.32 bits per heavy atom. The van der Waals surface area contributed by atoms with Crippen LogP contribution in [0, 0.1) is 0 Å². The van der Waals surface area contributed by atoms with E-state index in [2.05, 4.69) is 23.1 Å². The van der Waals surface area contributed by atoms with Crippen LogP contribution in [0.5, 0.6) is 0 Å². The summed E-state index contributed by atoms with van der Waals surface area (Å²) in [6.45, 7) is 3.47. The highest BCUT2D eigenvalue weighted by Gasteiger charge is 2.26. The highest BCUT2D eigenvalue weighted by atomic mass is 35.5. The Kier molecular flexibility index (Phi) is 7.46. The molecule has 2 amide bonds. The number of rotatable bonds is 6. The van der Waals surface area contributed by atoms with Crippen LogP contribution >= 0.6 is 23.8 Å². The van der Waals surface area contributed by atoms with Gasteiger partial charge in [-0.05, 0) is 43.3 Å². The number of hydrogen-bond donors (Lipinski definition) is 3. The number of halogens is 1. The highest BCUT2D eigenvalue weighted by Crippen LogP contribution is 2.28. The van der Waals surface area contributed by atoms with Gasteiger partial charge < -0.3 is 10.2 Å². The minimum Gasteiger partial charge on any atom is -0.361 e. The maximum atomic E-state index is 12.5. The molecule has 1 saturated heterocycles. The number of hydrazine groups is 1. The third-order valence-electron chi connectivity index (χ3n) is 3.92. The zero-order valence-electron chi connectivity index (χ0n) is 14.2. The van der Waals surface area contributed by atoms with Crippen LogP contribution in [-0.4, -0.2) is 30.0 Å². The maximum absolute atomic E-state index is 12.5. The first kappa shape index (κ1) is 19.5. The minimum absolute atomic E-state index is 0.00242. The fourth-order valence-electron chi connectivity index (χ4n) is 2.62. The molecule has 3 N–H and O–H groups in total. The fourth-order valence-corrected chi connectivity index (χ4v) is 2.94. The van der Waals surface area contributed by atoms with Crippen LogP contribution in [0.15, 0.2) is 18.2 Å². The number of hydrogen-bond acceptors (Lipinski definition) is 3. The third-order valence-corrected chi connectivity index (χ3v) is 4.41. The summed E-state index contributed by atoms with van der Waals surface area (Å²) in [5.74, 6) is -0.374. The Hall–Kier alpha value is -1.86. The topological polar surface area (TPSA) is 73.5 Å². The van der Waals surface area contributed by atoms with Gasteiger partial charge in [0.05, 0.1) is 11.3 Å². The third kappa shape index (κ3) is 5.57. The van der Waals surface area contributed by atoms with Crippen molar-refractivity contribution in [2.75, 3.05) is 18.0 Å². The SMILES string of the molecule is CCCCCNC(=S)NNC(=O)c1ccc(Cl)cc1N1CCCC1=O. The first-order valence-corrected chi connectivity index (χ1v) is 9.25. The molecule has 1 aromatic rings. The lowest BCUT2D eigenvalue weighted by atomic mass is 10.1. The first-order valence-electron chi connectivity index (χ1n) is 8.47. The number of amides is 2. The Balaban J connectivity index is 1.97. The Bertz CT molecular complexity index is 654. The molecule has 1 heterocycles. The normalized spacial score (nSPS) is 13.7. The second kappa shape index (κ2) is 9.58. The Morgan fingerprint density at radius 3 is 2.80 bits per heavy atom. The standard InChI is InChI=1S/C17H23ClN4O2S/c1-2-3-4-9-19-17(25)21-20-16(24)13-8-7-12(18)11-14(13)22-10-5-6-15(22)23/h7-8,11H,2-6,9-10H2,1H3,(H,20,24)(H2,19,21,25). The van der Waals surface area contributed by atoms with Gasteiger partial charge >= 0.3 is 0 Å². The van der Waals surface area contributed by atoms with E-state index in [-0.39, 0.29) is 11.8 Å². The van der Waals surface area contributed by atoms with Gasteiger partial charge in [0.1, 0.15) is 0 Å². The van der Waals surface area contributed by atoms with Crippen molar-refractivity contribution < 1.29 is 9.59 Å². The predicted octanol–water partition coefficient (Wildman–Crippen LogP) is 2.77. The second-order valence-corrected chi connectivity index (χ2v) is 6.70. The molecule has 0 atom stereocenters. The van der Waals surface area contributed by atoms with E-state index in [1.54, 1.807) is 23.1 Å². The number of carbonyl (C=O) groups excluding carboxylic acids is 2. The molecule has 1 aliphatic rings. The molecular weight excluding hydrogens is 360 g/mol. The average Bonchev–Trinajstić information content (AvgIpc) is 3.02. The number of thiocarbonyl (C=S) groups is 1. The summed E-state index contributed by atoms with van der Waals surface area (Å²) in [5.41, 5.74) is 6.15. The molecule has 1 aromatic carbocycles. The van der Waals surface area contributed by atoms with E-state index in [1.165, 1.54) is 0 Å². The molecule has 0 saturated carbocycles. The number of unbranched alkanes of at least 4 members (excludes halogenated alkanes) is 2. The van der Waals surface area contributed by atoms with Crippen molar-refractivity contribution in [3.05, 3.63) is 28.8 Å². The fraction of sp³-hybridized carbons (Fsp3) is 0.471. The maximum Gasteiger partial charge on any atom is 0.271 e. The molecule has 1 aliphatic heterocycles. The van der Waals surface area contributed by atoms with E-state index in [9.17, 15) is 9.59 Å². The monoisotopic (exact) mass is 382 g/mol. The zero-order valence-corrected chi connectivity index (χ0v) is 15.8. The minimum atomic E-state index is -0.371. The molecular formula is C17H23ClN4O2S. The van der Waals surface area contributed by atoms with Gasteiger partial charge in [0, 0.05) is 24.5 Å². The van der Waals surface area contributed by atoms with Gasteiger partial charge in [0.2, 0.25) is 5.91 Å². The van der Waals surface area contributed by atoms with Crippen molar-refractivity contribution in [3.8, 4) is 0 Å². The molecule has 2 rings (SSSR count). The number of anilines is 1. The predicted molar refractivity (Wildman–Crippen MR) is 104 cm³/mol. The molecule has 0 aliphatic carbocycles. The van der Waals surface area contributed by atoms with Crippen molar-refractivity contribution in [1.82, 2.24) is 16.2 Å². The van der Waals surface area contributed by atoms with E-state index in [4.69, 9.17) is 23.8 Å². The van der Waals surface area contributed by atoms with E-state index >= 15 is 0 Å². The summed E-state index contributed by atoms with van der Waals surface area (Å²) in [6, 6.07) is 4.88. The van der Waals surface area contributed by atoms with E-state index in [1.807, 2.05) is 0 Å². The highest BCUT2D eigenvalue weighted by molar-refractivity contribution is 7.80. The van der Waals surface area contributed by atoms with Gasteiger partial charge in [0.15, 0.2) is 5.11 Å². The summed E-state index contributed by atoms with van der Waals surface area (Å²) in [5, 5.41) is 3.87. The molecule has 6 nitrogen and oxygen atoms in total. The largest absolute Gasteiger partial charge is 0.361 e. The second-order valence-electron chi connectivity index (χ2n) is 5.85. The lowest BCUT2D eigenvalue weighted by Crippen LogP contribution is -2.47. The van der Waals surface area contributed by atoms with Gasteiger partial charge in [-0.25, -0.2) is 0 Å². The number of nitrogens with zero attached hydrogens (tertiary/aromatic N) is 1. The van der Waals surface area contributed by atoms with Crippen LogP contribution in [0.4, 0.5) is 5.69 Å². The smallest absolute Gasteiger partial charge is 0.271 e. The molecule has 0 radical (unpaired) electrons. The summed E-state index contributed by atoms with van der Waals surface area (Å²) in [6.07, 6.45) is 4.53. The van der Waals surface area contributed by atoms with E-state index in [0.717, 1.165) is 32.2 Å².